The molecule has 0 aliphatic carbocycles. The summed E-state index contributed by atoms with van der Waals surface area (Å²) >= 11 is 0. The van der Waals surface area contributed by atoms with Crippen LogP contribution in [0.1, 0.15) is 343 Å². The lowest BCUT2D eigenvalue weighted by Crippen LogP contribution is -2.30. The maximum absolute atomic E-state index is 12.9. The molecule has 6 nitrogen and oxygen atoms in total. The molecule has 0 saturated carbocycles. The average molecular weight is 948 g/mol. The summed E-state index contributed by atoms with van der Waals surface area (Å²) in [4.78, 5) is 38.2. The van der Waals surface area contributed by atoms with Gasteiger partial charge in [-0.15, -0.1) is 0 Å². The van der Waals surface area contributed by atoms with Crippen molar-refractivity contribution >= 4 is 17.9 Å². The fourth-order valence-corrected chi connectivity index (χ4v) is 9.40. The Bertz CT molecular complexity index is 1020. The molecule has 0 saturated heterocycles. The number of hydrogen-bond acceptors (Lipinski definition) is 6. The molecule has 0 aromatic heterocycles. The Morgan fingerprint density at radius 3 is 0.731 bits per heavy atom. The Labute approximate surface area is 418 Å². The maximum Gasteiger partial charge on any atom is 0.306 e. The van der Waals surface area contributed by atoms with Crippen molar-refractivity contribution in [2.75, 3.05) is 13.2 Å². The number of hydrogen-bond donors (Lipinski definition) is 0. The number of esters is 3. The zero-order chi connectivity index (χ0) is 48.9. The normalized spacial score (nSPS) is 12.0. The number of rotatable bonds is 55. The molecule has 0 aliphatic heterocycles. The van der Waals surface area contributed by atoms with Crippen LogP contribution < -0.4 is 0 Å². The van der Waals surface area contributed by atoms with Gasteiger partial charge in [-0.25, -0.2) is 0 Å². The van der Waals surface area contributed by atoms with E-state index in [1.165, 1.54) is 231 Å². The molecule has 0 rings (SSSR count). The minimum Gasteiger partial charge on any atom is -0.462 e. The van der Waals surface area contributed by atoms with Crippen LogP contribution >= 0.6 is 0 Å². The van der Waals surface area contributed by atoms with Crippen molar-refractivity contribution in [2.45, 2.75) is 349 Å². The van der Waals surface area contributed by atoms with E-state index in [9.17, 15) is 14.4 Å². The summed E-state index contributed by atoms with van der Waals surface area (Å²) in [6.07, 6.45) is 58.2. The predicted octanol–water partition coefficient (Wildman–Crippen LogP) is 20.0. The molecule has 0 unspecified atom stereocenters. The van der Waals surface area contributed by atoms with Crippen molar-refractivity contribution in [3.05, 3.63) is 0 Å². The highest BCUT2D eigenvalue weighted by Crippen LogP contribution is 2.18. The smallest absolute Gasteiger partial charge is 0.306 e. The van der Waals surface area contributed by atoms with Gasteiger partial charge in [0.15, 0.2) is 6.10 Å². The minimum atomic E-state index is -0.763. The van der Waals surface area contributed by atoms with Crippen molar-refractivity contribution in [1.82, 2.24) is 0 Å². The quantitative estimate of drug-likeness (QED) is 0.0343. The molecule has 0 amide bonds. The first-order valence-corrected chi connectivity index (χ1v) is 30.2. The van der Waals surface area contributed by atoms with Crippen LogP contribution in [0.15, 0.2) is 0 Å². The lowest BCUT2D eigenvalue weighted by atomic mass is 10.0. The zero-order valence-corrected chi connectivity index (χ0v) is 46.0. The molecule has 0 aliphatic rings. The lowest BCUT2D eigenvalue weighted by molar-refractivity contribution is -0.167. The van der Waals surface area contributed by atoms with Crippen LogP contribution in [-0.4, -0.2) is 37.2 Å². The Morgan fingerprint density at radius 2 is 0.493 bits per heavy atom. The van der Waals surface area contributed by atoms with Crippen LogP contribution in [-0.2, 0) is 28.6 Å². The second-order valence-electron chi connectivity index (χ2n) is 21.9. The van der Waals surface area contributed by atoms with E-state index in [0.717, 1.165) is 69.6 Å². The minimum absolute atomic E-state index is 0.0625. The number of ether oxygens (including phenoxy) is 3. The third-order valence-corrected chi connectivity index (χ3v) is 14.0. The first kappa shape index (κ1) is 65.4. The zero-order valence-electron chi connectivity index (χ0n) is 46.0. The van der Waals surface area contributed by atoms with Gasteiger partial charge in [-0.3, -0.25) is 14.4 Å². The highest BCUT2D eigenvalue weighted by Gasteiger charge is 2.19. The van der Waals surface area contributed by atoms with Gasteiger partial charge < -0.3 is 14.2 Å². The van der Waals surface area contributed by atoms with E-state index < -0.39 is 6.10 Å². The fraction of sp³-hybridized carbons (Fsp3) is 0.951. The summed E-state index contributed by atoms with van der Waals surface area (Å²) in [6.45, 7) is 11.4. The van der Waals surface area contributed by atoms with E-state index in [1.54, 1.807) is 0 Å². The first-order chi connectivity index (χ1) is 32.7. The third kappa shape index (κ3) is 55.2. The van der Waals surface area contributed by atoms with E-state index in [-0.39, 0.29) is 31.1 Å². The molecular formula is C61H118O6. The summed E-state index contributed by atoms with van der Waals surface area (Å²) in [5.41, 5.74) is 0. The number of carbonyl (C=O) groups is 3. The van der Waals surface area contributed by atoms with Crippen molar-refractivity contribution in [3.63, 3.8) is 0 Å². The summed E-state index contributed by atoms with van der Waals surface area (Å²) < 4.78 is 16.9. The van der Waals surface area contributed by atoms with Crippen LogP contribution in [0.3, 0.4) is 0 Å². The van der Waals surface area contributed by atoms with Gasteiger partial charge in [0.25, 0.3) is 0 Å². The van der Waals surface area contributed by atoms with Gasteiger partial charge in [-0.2, -0.15) is 0 Å². The van der Waals surface area contributed by atoms with Crippen LogP contribution in [0.25, 0.3) is 0 Å². The maximum atomic E-state index is 12.9. The first-order valence-electron chi connectivity index (χ1n) is 30.2. The van der Waals surface area contributed by atoms with Gasteiger partial charge in [-0.1, -0.05) is 304 Å². The number of carbonyl (C=O) groups excluding carboxylic acids is 3. The van der Waals surface area contributed by atoms with E-state index in [4.69, 9.17) is 14.2 Å². The SMILES string of the molecule is CCCCCCCCCCCCCCCCCCC(=O)O[C@@H](COC(=O)CCCCCCCCCCCCCCCCCCCCC(C)C)COC(=O)CCCCCCCCCCCC(C)C. The van der Waals surface area contributed by atoms with Crippen molar-refractivity contribution < 1.29 is 28.6 Å². The fourth-order valence-electron chi connectivity index (χ4n) is 9.40. The van der Waals surface area contributed by atoms with Crippen molar-refractivity contribution in [2.24, 2.45) is 11.8 Å². The third-order valence-electron chi connectivity index (χ3n) is 14.0. The van der Waals surface area contributed by atoms with Crippen LogP contribution in [0.4, 0.5) is 0 Å². The van der Waals surface area contributed by atoms with Gasteiger partial charge in [0.05, 0.1) is 0 Å². The van der Waals surface area contributed by atoms with E-state index in [1.807, 2.05) is 0 Å². The van der Waals surface area contributed by atoms with Gasteiger partial charge in [0.2, 0.25) is 0 Å². The molecule has 1 atom stereocenters. The molecule has 0 fully saturated rings. The average Bonchev–Trinajstić information content (AvgIpc) is 3.30. The molecule has 67 heavy (non-hydrogen) atoms. The monoisotopic (exact) mass is 947 g/mol. The largest absolute Gasteiger partial charge is 0.462 e. The molecule has 0 radical (unpaired) electrons. The van der Waals surface area contributed by atoms with Gasteiger partial charge in [0, 0.05) is 19.3 Å². The van der Waals surface area contributed by atoms with Gasteiger partial charge >= 0.3 is 17.9 Å². The molecular weight excluding hydrogens is 829 g/mol. The molecule has 398 valence electrons. The Morgan fingerprint density at radius 1 is 0.284 bits per heavy atom. The van der Waals surface area contributed by atoms with E-state index in [0.29, 0.717) is 19.3 Å². The van der Waals surface area contributed by atoms with Crippen LogP contribution in [0, 0.1) is 11.8 Å². The Balaban J connectivity index is 4.24. The van der Waals surface area contributed by atoms with Crippen LogP contribution in [0.5, 0.6) is 0 Å². The molecule has 6 heteroatoms. The highest BCUT2D eigenvalue weighted by atomic mass is 16.6. The standard InChI is InChI=1S/C61H118O6/c1-6-7-8-9-10-11-12-13-14-20-24-27-32-38-43-48-53-61(64)67-58(55-66-60(63)52-47-42-37-33-28-30-35-40-45-50-57(4)5)54-65-59(62)51-46-41-36-31-26-23-21-18-16-15-17-19-22-25-29-34-39-44-49-56(2)3/h56-58H,6-55H2,1-5H3/t58-/m0/s1. The van der Waals surface area contributed by atoms with Gasteiger partial charge in [0.1, 0.15) is 13.2 Å². The summed E-state index contributed by atoms with van der Waals surface area (Å²) in [5, 5.41) is 0. The Hall–Kier alpha value is -1.59. The Kier molecular flexibility index (Phi) is 52.5. The predicted molar refractivity (Wildman–Crippen MR) is 289 cm³/mol. The second-order valence-corrected chi connectivity index (χ2v) is 21.9. The topological polar surface area (TPSA) is 78.9 Å². The van der Waals surface area contributed by atoms with Crippen LogP contribution in [0.2, 0.25) is 0 Å². The highest BCUT2D eigenvalue weighted by molar-refractivity contribution is 5.71. The lowest BCUT2D eigenvalue weighted by Gasteiger charge is -2.18. The molecule has 0 spiro atoms. The molecule has 0 heterocycles. The number of unbranched alkanes of at least 4 members (excludes halogenated alkanes) is 40. The summed E-state index contributed by atoms with van der Waals surface area (Å²) in [5.74, 6) is 0.830. The van der Waals surface area contributed by atoms with Crippen molar-refractivity contribution in [1.29, 1.82) is 0 Å². The molecule has 0 aromatic carbocycles. The second kappa shape index (κ2) is 53.8. The summed E-state index contributed by atoms with van der Waals surface area (Å²) in [6, 6.07) is 0. The summed E-state index contributed by atoms with van der Waals surface area (Å²) in [7, 11) is 0. The van der Waals surface area contributed by atoms with E-state index >= 15 is 0 Å². The van der Waals surface area contributed by atoms with Crippen molar-refractivity contribution in [3.8, 4) is 0 Å². The van der Waals surface area contributed by atoms with E-state index in [2.05, 4.69) is 34.6 Å². The molecule has 0 N–H and O–H groups in total. The molecule has 0 bridgehead atoms. The molecule has 0 aromatic rings. The van der Waals surface area contributed by atoms with Gasteiger partial charge in [-0.05, 0) is 31.1 Å².